The molecule has 0 aromatic heterocycles. The van der Waals surface area contributed by atoms with E-state index in [2.05, 4.69) is 0 Å². The van der Waals surface area contributed by atoms with Crippen molar-refractivity contribution in [2.45, 2.75) is 31.8 Å². The van der Waals surface area contributed by atoms with E-state index < -0.39 is 0 Å². The van der Waals surface area contributed by atoms with E-state index in [4.69, 9.17) is 5.73 Å². The van der Waals surface area contributed by atoms with E-state index in [-0.39, 0.29) is 30.4 Å². The lowest BCUT2D eigenvalue weighted by Crippen LogP contribution is -2.30. The highest BCUT2D eigenvalue weighted by molar-refractivity contribution is 5.85. The molecule has 0 aliphatic heterocycles. The number of halogens is 1. The Labute approximate surface area is 144 Å². The Kier molecular flexibility index (Phi) is 7.79. The van der Waals surface area contributed by atoms with Gasteiger partial charge in [0, 0.05) is 19.5 Å². The van der Waals surface area contributed by atoms with Crippen LogP contribution in [0.15, 0.2) is 60.7 Å². The summed E-state index contributed by atoms with van der Waals surface area (Å²) in [6.07, 6.45) is 1.12. The van der Waals surface area contributed by atoms with Gasteiger partial charge in [-0.25, -0.2) is 0 Å². The molecule has 124 valence electrons. The Bertz CT molecular complexity index is 589. The van der Waals surface area contributed by atoms with E-state index in [0.717, 1.165) is 11.1 Å². The average molecular weight is 333 g/mol. The predicted octanol–water partition coefficient (Wildman–Crippen LogP) is 4.11. The quantitative estimate of drug-likeness (QED) is 0.865. The molecule has 2 atom stereocenters. The van der Waals surface area contributed by atoms with Crippen molar-refractivity contribution in [3.8, 4) is 0 Å². The van der Waals surface area contributed by atoms with E-state index in [1.165, 1.54) is 0 Å². The Hall–Kier alpha value is -1.84. The van der Waals surface area contributed by atoms with E-state index in [1.807, 2.05) is 74.6 Å². The van der Waals surface area contributed by atoms with Crippen LogP contribution in [0.2, 0.25) is 0 Å². The van der Waals surface area contributed by atoms with Gasteiger partial charge in [-0.05, 0) is 24.5 Å². The van der Waals surface area contributed by atoms with Crippen LogP contribution in [0.3, 0.4) is 0 Å². The van der Waals surface area contributed by atoms with Crippen LogP contribution < -0.4 is 5.73 Å². The maximum atomic E-state index is 12.4. The molecule has 2 N–H and O–H groups in total. The monoisotopic (exact) mass is 332 g/mol. The molecule has 2 aromatic rings. The van der Waals surface area contributed by atoms with Gasteiger partial charge in [-0.2, -0.15) is 0 Å². The third-order valence-corrected chi connectivity index (χ3v) is 4.15. The minimum atomic E-state index is -0.0921. The highest BCUT2D eigenvalue weighted by atomic mass is 35.5. The normalized spacial score (nSPS) is 12.8. The van der Waals surface area contributed by atoms with Crippen LogP contribution in [-0.4, -0.2) is 17.9 Å². The summed E-state index contributed by atoms with van der Waals surface area (Å²) in [6, 6.07) is 20.0. The van der Waals surface area contributed by atoms with Crippen LogP contribution in [0.1, 0.15) is 43.0 Å². The smallest absolute Gasteiger partial charge is 0.222 e. The minimum absolute atomic E-state index is 0. The van der Waals surface area contributed by atoms with Crippen molar-refractivity contribution in [2.75, 3.05) is 7.05 Å². The van der Waals surface area contributed by atoms with Crippen LogP contribution in [0, 0.1) is 0 Å². The van der Waals surface area contributed by atoms with Gasteiger partial charge in [0.15, 0.2) is 0 Å². The van der Waals surface area contributed by atoms with Gasteiger partial charge in [0.2, 0.25) is 5.91 Å². The zero-order valence-corrected chi connectivity index (χ0v) is 14.5. The second-order valence-corrected chi connectivity index (χ2v) is 5.65. The number of nitrogens with two attached hydrogens (primary N) is 1. The molecule has 23 heavy (non-hydrogen) atoms. The first kappa shape index (κ1) is 19.2. The lowest BCUT2D eigenvalue weighted by atomic mass is 10.0. The minimum Gasteiger partial charge on any atom is -0.339 e. The van der Waals surface area contributed by atoms with Crippen LogP contribution in [0.5, 0.6) is 0 Å². The molecule has 2 unspecified atom stereocenters. The summed E-state index contributed by atoms with van der Waals surface area (Å²) in [5.41, 5.74) is 8.38. The number of hydrogen-bond acceptors (Lipinski definition) is 2. The van der Waals surface area contributed by atoms with Gasteiger partial charge in [0.05, 0.1) is 6.04 Å². The lowest BCUT2D eigenvalue weighted by Gasteiger charge is -2.26. The summed E-state index contributed by atoms with van der Waals surface area (Å²) < 4.78 is 0. The van der Waals surface area contributed by atoms with Crippen molar-refractivity contribution >= 4 is 18.3 Å². The van der Waals surface area contributed by atoms with E-state index in [1.54, 1.807) is 4.90 Å². The van der Waals surface area contributed by atoms with Gasteiger partial charge in [-0.3, -0.25) is 4.79 Å². The summed E-state index contributed by atoms with van der Waals surface area (Å²) in [6.45, 7) is 2.05. The second-order valence-electron chi connectivity index (χ2n) is 5.65. The Morgan fingerprint density at radius 2 is 1.48 bits per heavy atom. The van der Waals surface area contributed by atoms with Gasteiger partial charge < -0.3 is 10.6 Å². The molecule has 0 spiro atoms. The number of carbonyl (C=O) groups is 1. The molecule has 2 rings (SSSR count). The third kappa shape index (κ3) is 5.38. The molecular formula is C19H25ClN2O. The molecule has 3 nitrogen and oxygen atoms in total. The van der Waals surface area contributed by atoms with E-state index >= 15 is 0 Å². The number of hydrogen-bond donors (Lipinski definition) is 1. The standard InChI is InChI=1S/C19H24N2O.ClH/c1-15(16-9-5-3-6-10-16)21(2)19(22)14-13-18(20)17-11-7-4-8-12-17;/h3-12,15,18H,13-14,20H2,1-2H3;1H. The molecule has 1 amide bonds. The fourth-order valence-electron chi connectivity index (χ4n) is 2.49. The maximum absolute atomic E-state index is 12.4. The van der Waals surface area contributed by atoms with Gasteiger partial charge in [-0.15, -0.1) is 12.4 Å². The summed E-state index contributed by atoms with van der Waals surface area (Å²) in [4.78, 5) is 14.2. The van der Waals surface area contributed by atoms with Crippen molar-refractivity contribution < 1.29 is 4.79 Å². The molecule has 0 aliphatic carbocycles. The molecule has 0 aliphatic rings. The van der Waals surface area contributed by atoms with Crippen LogP contribution >= 0.6 is 12.4 Å². The van der Waals surface area contributed by atoms with Crippen molar-refractivity contribution in [1.29, 1.82) is 0 Å². The van der Waals surface area contributed by atoms with Gasteiger partial charge in [-0.1, -0.05) is 60.7 Å². The fraction of sp³-hybridized carbons (Fsp3) is 0.316. The largest absolute Gasteiger partial charge is 0.339 e. The number of nitrogens with zero attached hydrogens (tertiary/aromatic N) is 1. The summed E-state index contributed by atoms with van der Waals surface area (Å²) in [5, 5.41) is 0. The molecule has 4 heteroatoms. The molecule has 0 radical (unpaired) electrons. The maximum Gasteiger partial charge on any atom is 0.222 e. The van der Waals surface area contributed by atoms with Crippen molar-refractivity contribution in [3.63, 3.8) is 0 Å². The zero-order valence-electron chi connectivity index (χ0n) is 13.7. The first-order chi connectivity index (χ1) is 10.6. The summed E-state index contributed by atoms with van der Waals surface area (Å²) in [5.74, 6) is 0.128. The number of amides is 1. The Balaban J connectivity index is 0.00000264. The predicted molar refractivity (Wildman–Crippen MR) is 97.5 cm³/mol. The molecule has 0 saturated carbocycles. The van der Waals surface area contributed by atoms with Crippen molar-refractivity contribution in [3.05, 3.63) is 71.8 Å². The van der Waals surface area contributed by atoms with Crippen molar-refractivity contribution in [1.82, 2.24) is 4.90 Å². The average Bonchev–Trinajstić information content (AvgIpc) is 2.59. The number of benzene rings is 2. The second kappa shape index (κ2) is 9.33. The van der Waals surface area contributed by atoms with Gasteiger partial charge in [0.25, 0.3) is 0 Å². The molecule has 0 bridgehead atoms. The molecular weight excluding hydrogens is 308 g/mol. The topological polar surface area (TPSA) is 46.3 Å². The Morgan fingerprint density at radius 1 is 1.00 bits per heavy atom. The summed E-state index contributed by atoms with van der Waals surface area (Å²) >= 11 is 0. The highest BCUT2D eigenvalue weighted by Gasteiger charge is 2.18. The number of carbonyl (C=O) groups excluding carboxylic acids is 1. The summed E-state index contributed by atoms with van der Waals surface area (Å²) in [7, 11) is 1.86. The van der Waals surface area contributed by atoms with Gasteiger partial charge >= 0.3 is 0 Å². The fourth-order valence-corrected chi connectivity index (χ4v) is 2.49. The SMILES string of the molecule is CC(c1ccccc1)N(C)C(=O)CCC(N)c1ccccc1.Cl. The van der Waals surface area contributed by atoms with Gasteiger partial charge in [0.1, 0.15) is 0 Å². The molecule has 0 saturated heterocycles. The van der Waals surface area contributed by atoms with Crippen LogP contribution in [-0.2, 0) is 4.79 Å². The first-order valence-electron chi connectivity index (χ1n) is 7.70. The van der Waals surface area contributed by atoms with E-state index in [0.29, 0.717) is 12.8 Å². The molecule has 0 fully saturated rings. The van der Waals surface area contributed by atoms with Crippen LogP contribution in [0.25, 0.3) is 0 Å². The Morgan fingerprint density at radius 3 is 2.00 bits per heavy atom. The van der Waals surface area contributed by atoms with E-state index in [9.17, 15) is 4.79 Å². The first-order valence-corrected chi connectivity index (χ1v) is 7.70. The molecule has 2 aromatic carbocycles. The van der Waals surface area contributed by atoms with Crippen LogP contribution in [0.4, 0.5) is 0 Å². The van der Waals surface area contributed by atoms with Crippen molar-refractivity contribution in [2.24, 2.45) is 5.73 Å². The lowest BCUT2D eigenvalue weighted by molar-refractivity contribution is -0.132. The number of rotatable bonds is 6. The highest BCUT2D eigenvalue weighted by Crippen LogP contribution is 2.21. The third-order valence-electron chi connectivity index (χ3n) is 4.15. The zero-order chi connectivity index (χ0) is 15.9. The molecule has 0 heterocycles.